The number of imidazole rings is 1. The molecule has 10 aromatic rings. The van der Waals surface area contributed by atoms with Gasteiger partial charge in [0.25, 0.3) is 5.91 Å². The van der Waals surface area contributed by atoms with Gasteiger partial charge < -0.3 is 14.9 Å². The summed E-state index contributed by atoms with van der Waals surface area (Å²) in [4.78, 5) is 59.5. The number of fused-ring (bicyclic) bond motifs is 8. The van der Waals surface area contributed by atoms with Crippen molar-refractivity contribution in [3.8, 4) is 16.8 Å². The average Bonchev–Trinajstić information content (AvgIpc) is 1.62. The third-order valence-electron chi connectivity index (χ3n) is 16.7. The number of aliphatic imine (C=N–C) groups is 3. The van der Waals surface area contributed by atoms with E-state index < -0.39 is 18.0 Å². The molecule has 3 aromatic heterocycles. The number of rotatable bonds is 7. The first-order valence-corrected chi connectivity index (χ1v) is 34.1. The van der Waals surface area contributed by atoms with Crippen molar-refractivity contribution >= 4 is 143 Å². The number of aliphatic hydroxyl groups is 1. The van der Waals surface area contributed by atoms with Gasteiger partial charge in [-0.05, 0) is 133 Å². The zero-order valence-electron chi connectivity index (χ0n) is 51.5. The Morgan fingerprint density at radius 1 is 0.635 bits per heavy atom. The Bertz CT molecular complexity index is 4790. The lowest BCUT2D eigenvalue weighted by molar-refractivity contribution is -0.126. The van der Waals surface area contributed by atoms with Crippen LogP contribution >= 0.6 is 85.3 Å². The maximum atomic E-state index is 14.3. The van der Waals surface area contributed by atoms with Crippen LogP contribution in [-0.4, -0.2) is 84.1 Å². The summed E-state index contributed by atoms with van der Waals surface area (Å²) in [7, 11) is 1.66. The Labute approximate surface area is 590 Å². The second kappa shape index (κ2) is 29.8. The summed E-state index contributed by atoms with van der Waals surface area (Å²) in [5.41, 5.74) is 10.9. The molecule has 1 fully saturated rings. The van der Waals surface area contributed by atoms with Gasteiger partial charge >= 0.3 is 0 Å². The van der Waals surface area contributed by atoms with Crippen molar-refractivity contribution in [3.05, 3.63) is 261 Å². The number of benzene rings is 7. The van der Waals surface area contributed by atoms with Crippen LogP contribution in [-0.2, 0) is 27.5 Å². The normalized spacial score (nSPS) is 15.6. The van der Waals surface area contributed by atoms with Gasteiger partial charge in [0.2, 0.25) is 18.0 Å². The minimum Gasteiger partial charge on any atom is -0.364 e. The van der Waals surface area contributed by atoms with Crippen molar-refractivity contribution in [1.29, 1.82) is 5.26 Å². The molecular formula is C72H57BrCl5FN12O4S. The van der Waals surface area contributed by atoms with Gasteiger partial charge in [-0.25, -0.2) is 14.4 Å². The number of carbonyl (C=O) groups excluding carboxylic acids is 3. The topological polar surface area (TPSA) is 191 Å². The summed E-state index contributed by atoms with van der Waals surface area (Å²) in [5.74, 6) is 1.71. The molecule has 15 rings (SSSR count). The zero-order valence-corrected chi connectivity index (χ0v) is 57.7. The van der Waals surface area contributed by atoms with Crippen LogP contribution in [0.3, 0.4) is 0 Å². The van der Waals surface area contributed by atoms with Crippen LogP contribution in [0, 0.1) is 24.1 Å². The van der Waals surface area contributed by atoms with Crippen LogP contribution in [0.15, 0.2) is 189 Å². The number of benzodiazepines with no additional fused rings is 1. The van der Waals surface area contributed by atoms with Crippen LogP contribution in [0.5, 0.6) is 0 Å². The second-order valence-electron chi connectivity index (χ2n) is 22.7. The highest BCUT2D eigenvalue weighted by Crippen LogP contribution is 2.42. The summed E-state index contributed by atoms with van der Waals surface area (Å²) in [6.45, 7) is 3.14. The Balaban J connectivity index is 0.000000123. The first-order valence-electron chi connectivity index (χ1n) is 30.6. The van der Waals surface area contributed by atoms with E-state index >= 15 is 0 Å². The lowest BCUT2D eigenvalue weighted by atomic mass is 9.88. The highest BCUT2D eigenvalue weighted by atomic mass is 79.9. The number of nitriles is 1. The van der Waals surface area contributed by atoms with Gasteiger partial charge in [0.15, 0.2) is 5.82 Å². The van der Waals surface area contributed by atoms with E-state index in [4.69, 9.17) is 73.3 Å². The fraction of sp³-hybridized carbons (Fsp3) is 0.194. The summed E-state index contributed by atoms with van der Waals surface area (Å²) < 4.78 is 19.7. The minimum atomic E-state index is -1.69. The third kappa shape index (κ3) is 14.1. The molecule has 3 amide bonds. The Hall–Kier alpha value is -8.68. The van der Waals surface area contributed by atoms with Gasteiger partial charge in [-0.2, -0.15) is 5.26 Å². The predicted octanol–water partition coefficient (Wildman–Crippen LogP) is 17.2. The highest BCUT2D eigenvalue weighted by molar-refractivity contribution is 9.11. The highest BCUT2D eigenvalue weighted by Gasteiger charge is 2.35. The number of aliphatic hydroxyl groups excluding tert-OH is 1. The van der Waals surface area contributed by atoms with Crippen molar-refractivity contribution in [3.63, 3.8) is 0 Å². The number of aromatic nitrogens is 5. The lowest BCUT2D eigenvalue weighted by Crippen LogP contribution is -2.38. The molecule has 5 aliphatic rings. The molecule has 7 heterocycles. The lowest BCUT2D eigenvalue weighted by Gasteiger charge is -2.24. The third-order valence-corrected chi connectivity index (χ3v) is 19.7. The van der Waals surface area contributed by atoms with Crippen LogP contribution in [0.4, 0.5) is 27.1 Å². The standard InChI is InChI=1S/C20H18BrClN4S.C18H13Cl2N3.C18H13ClFN3O2.C16H13ClN2O2/c21-16-10-14-18(13-8-4-5-9-15(13)22)23-11-17-24-25-19(26(17)20(14)27-16)12-6-2-1-3-7-12;1-11-21-9-13-10-22-18(14-4-2-3-5-16(14)20)15-8-12(19)6-7-17(15)23(11)13;19-11-6-7-15-13(10-11)16(12-4-1-2-5-14(12)20)22-17(24)18(25)23(15)9-3-8-21;1-18-13-8-7-11(17)9-14(13)19(16(21)10-15(18)20)12-5-3-2-4-6-12/h4-5,8-10,12H,1-3,6-7,11H2;2-9H,10H2,1H3;1-2,4-7,10,17,24H,3,9H2;2-9H,10H2,1H3. The molecule has 484 valence electrons. The number of nitrogens with zero attached hydrogens (tertiary/aromatic N) is 12. The Kier molecular flexibility index (Phi) is 20.9. The van der Waals surface area contributed by atoms with Crippen molar-refractivity contribution in [2.24, 2.45) is 15.0 Å². The van der Waals surface area contributed by atoms with Gasteiger partial charge in [-0.3, -0.25) is 38.4 Å². The van der Waals surface area contributed by atoms with Gasteiger partial charge in [0.1, 0.15) is 35.4 Å². The molecule has 1 aliphatic carbocycles. The van der Waals surface area contributed by atoms with E-state index in [1.54, 1.807) is 65.7 Å². The number of halogens is 7. The maximum absolute atomic E-state index is 14.3. The predicted molar refractivity (Wildman–Crippen MR) is 383 cm³/mol. The van der Waals surface area contributed by atoms with E-state index in [0.717, 1.165) is 76.3 Å². The van der Waals surface area contributed by atoms with Crippen molar-refractivity contribution < 1.29 is 23.9 Å². The smallest absolute Gasteiger partial charge is 0.278 e. The average molecular weight is 1460 g/mol. The maximum Gasteiger partial charge on any atom is 0.278 e. The number of anilines is 4. The first-order chi connectivity index (χ1) is 46.5. The number of thiophene rings is 1. The number of hydrogen-bond donors (Lipinski definition) is 1. The van der Waals surface area contributed by atoms with Crippen molar-refractivity contribution in [1.82, 2.24) is 24.3 Å². The molecule has 0 radical (unpaired) electrons. The fourth-order valence-electron chi connectivity index (χ4n) is 12.2. The fourth-order valence-corrected chi connectivity index (χ4v) is 14.7. The van der Waals surface area contributed by atoms with E-state index in [1.807, 2.05) is 116 Å². The molecule has 0 spiro atoms. The monoisotopic (exact) mass is 1460 g/mol. The summed E-state index contributed by atoms with van der Waals surface area (Å²) >= 11 is 36.7. The van der Waals surface area contributed by atoms with Crippen LogP contribution in [0.25, 0.3) is 10.7 Å². The molecule has 1 unspecified atom stereocenters. The largest absolute Gasteiger partial charge is 0.364 e. The molecule has 16 nitrogen and oxygen atoms in total. The van der Waals surface area contributed by atoms with Gasteiger partial charge in [-0.15, -0.1) is 21.5 Å². The van der Waals surface area contributed by atoms with Gasteiger partial charge in [0, 0.05) is 83.7 Å². The van der Waals surface area contributed by atoms with E-state index in [9.17, 15) is 23.9 Å². The van der Waals surface area contributed by atoms with Crippen LogP contribution < -0.4 is 14.7 Å². The molecule has 0 saturated heterocycles. The summed E-state index contributed by atoms with van der Waals surface area (Å²) in [6, 6.07) is 50.7. The molecule has 96 heavy (non-hydrogen) atoms. The number of carbonyl (C=O) groups is 3. The Morgan fingerprint density at radius 2 is 1.23 bits per heavy atom. The van der Waals surface area contributed by atoms with E-state index in [0.29, 0.717) is 67.4 Å². The minimum absolute atomic E-state index is 0.0789. The zero-order chi connectivity index (χ0) is 67.3. The van der Waals surface area contributed by atoms with E-state index in [2.05, 4.69) is 51.3 Å². The van der Waals surface area contributed by atoms with Crippen molar-refractivity contribution in [2.45, 2.75) is 77.1 Å². The number of aryl methyl sites for hydroxylation is 1. The number of amides is 3. The van der Waals surface area contributed by atoms with Gasteiger partial charge in [-0.1, -0.05) is 144 Å². The Morgan fingerprint density at radius 3 is 1.90 bits per heavy atom. The molecule has 1 atom stereocenters. The first kappa shape index (κ1) is 67.3. The van der Waals surface area contributed by atoms with E-state index in [1.165, 1.54) is 60.1 Å². The molecule has 4 aliphatic heterocycles. The molecule has 1 saturated carbocycles. The molecule has 1 N–H and O–H groups in total. The van der Waals surface area contributed by atoms with E-state index in [-0.39, 0.29) is 42.5 Å². The molecular weight excluding hydrogens is 1410 g/mol. The molecule has 0 bridgehead atoms. The summed E-state index contributed by atoms with van der Waals surface area (Å²) in [5, 5.41) is 32.2. The summed E-state index contributed by atoms with van der Waals surface area (Å²) in [6.07, 6.45) is 6.34. The van der Waals surface area contributed by atoms with Crippen LogP contribution in [0.2, 0.25) is 25.1 Å². The molecule has 24 heteroatoms. The number of hydrogen-bond acceptors (Lipinski definition) is 12. The number of para-hydroxylation sites is 1. The van der Waals surface area contributed by atoms with Gasteiger partial charge in [0.05, 0.1) is 74.6 Å². The van der Waals surface area contributed by atoms with Crippen molar-refractivity contribution in [2.75, 3.05) is 28.3 Å². The second-order valence-corrected chi connectivity index (χ2v) is 27.2. The quantitative estimate of drug-likeness (QED) is 0.152. The SMILES string of the molecule is CN1C(=O)CC(=O)N(c2ccccc2)c2cc(Cl)ccc21.Cc1ncc2n1-c1ccc(Cl)cc1C(c1ccccc1Cl)=NC2.Clc1ccccc1C1=NCc2nnc(C3CCCCC3)n2-c2sc(Br)cc21.N#CCCN1C(=O)C(O)N=C(c2ccccc2F)c2cc(Cl)ccc21. The van der Waals surface area contributed by atoms with Crippen LogP contribution in [0.1, 0.15) is 107 Å². The molecule has 7 aromatic carbocycles.